The van der Waals surface area contributed by atoms with Crippen LogP contribution in [0.2, 0.25) is 5.02 Å². The zero-order valence-electron chi connectivity index (χ0n) is 10.6. The van der Waals surface area contributed by atoms with Gasteiger partial charge in [-0.2, -0.15) is 0 Å². The Labute approximate surface area is 131 Å². The van der Waals surface area contributed by atoms with Gasteiger partial charge in [-0.15, -0.1) is 11.8 Å². The van der Waals surface area contributed by atoms with Crippen molar-refractivity contribution in [2.45, 2.75) is 4.90 Å². The number of thioether (sulfide) groups is 1. The molecule has 2 nitrogen and oxygen atoms in total. The maximum Gasteiger partial charge on any atom is 0.175 e. The molecule has 0 amide bonds. The summed E-state index contributed by atoms with van der Waals surface area (Å²) < 4.78 is 13.6. The molecular weight excluding hydrogens is 315 g/mol. The first kappa shape index (κ1) is 15.1. The Hall–Kier alpha value is -1.30. The van der Waals surface area contributed by atoms with E-state index in [-0.39, 0.29) is 5.69 Å². The van der Waals surface area contributed by atoms with Gasteiger partial charge in [0.05, 0.1) is 5.69 Å². The van der Waals surface area contributed by atoms with Crippen molar-refractivity contribution >= 4 is 52.1 Å². The summed E-state index contributed by atoms with van der Waals surface area (Å²) in [5.41, 5.74) is 1.09. The summed E-state index contributed by atoms with van der Waals surface area (Å²) in [5.74, 6) is -0.406. The molecule has 0 radical (unpaired) electrons. The van der Waals surface area contributed by atoms with E-state index < -0.39 is 5.82 Å². The lowest BCUT2D eigenvalue weighted by atomic mass is 10.3. The van der Waals surface area contributed by atoms with Crippen molar-refractivity contribution < 1.29 is 4.39 Å². The third-order valence-electron chi connectivity index (χ3n) is 2.50. The van der Waals surface area contributed by atoms with Crippen LogP contribution in [-0.2, 0) is 0 Å². The average Bonchev–Trinajstić information content (AvgIpc) is 2.43. The van der Waals surface area contributed by atoms with Gasteiger partial charge in [-0.25, -0.2) is 4.39 Å². The second-order valence-electron chi connectivity index (χ2n) is 3.94. The van der Waals surface area contributed by atoms with Gasteiger partial charge in [-0.05, 0) is 54.9 Å². The molecule has 0 fully saturated rings. The molecule has 2 aromatic carbocycles. The lowest BCUT2D eigenvalue weighted by molar-refractivity contribution is 0.632. The van der Waals surface area contributed by atoms with Crippen molar-refractivity contribution in [1.29, 1.82) is 0 Å². The lowest BCUT2D eigenvalue weighted by Gasteiger charge is -2.12. The minimum absolute atomic E-state index is 0.246. The zero-order valence-corrected chi connectivity index (χ0v) is 13.0. The van der Waals surface area contributed by atoms with Crippen LogP contribution in [0.25, 0.3) is 0 Å². The maximum atomic E-state index is 13.6. The molecule has 2 aromatic rings. The summed E-state index contributed by atoms with van der Waals surface area (Å²) in [6.07, 6.45) is 2.00. The quantitative estimate of drug-likeness (QED) is 0.611. The molecule has 0 spiro atoms. The molecule has 104 valence electrons. The summed E-state index contributed by atoms with van der Waals surface area (Å²) >= 11 is 12.6. The third kappa shape index (κ3) is 4.10. The van der Waals surface area contributed by atoms with E-state index in [0.717, 1.165) is 10.6 Å². The smallest absolute Gasteiger partial charge is 0.175 e. The molecular formula is C14H12ClFN2S2. The highest BCUT2D eigenvalue weighted by Gasteiger charge is 2.05. The summed E-state index contributed by atoms with van der Waals surface area (Å²) in [4.78, 5) is 1.12. The average molecular weight is 327 g/mol. The first-order valence-electron chi connectivity index (χ1n) is 5.75. The van der Waals surface area contributed by atoms with Crippen LogP contribution in [0.4, 0.5) is 15.8 Å². The van der Waals surface area contributed by atoms with Gasteiger partial charge in [0.15, 0.2) is 5.11 Å². The van der Waals surface area contributed by atoms with E-state index >= 15 is 0 Å². The third-order valence-corrected chi connectivity index (χ3v) is 3.67. The monoisotopic (exact) mass is 326 g/mol. The van der Waals surface area contributed by atoms with Crippen LogP contribution in [0.5, 0.6) is 0 Å². The molecule has 0 aromatic heterocycles. The number of benzene rings is 2. The Bertz CT molecular complexity index is 634. The van der Waals surface area contributed by atoms with Crippen LogP contribution in [-0.4, -0.2) is 11.4 Å². The van der Waals surface area contributed by atoms with E-state index in [1.54, 1.807) is 11.8 Å². The standard InChI is InChI=1S/C14H12ClFN2S2/c1-20-11-4-2-3-10(8-11)17-14(19)18-13-7-9(15)5-6-12(13)16/h2-8H,1H3,(H2,17,18,19). The second-order valence-corrected chi connectivity index (χ2v) is 5.66. The topological polar surface area (TPSA) is 24.1 Å². The molecule has 6 heteroatoms. The van der Waals surface area contributed by atoms with Crippen molar-refractivity contribution in [2.75, 3.05) is 16.9 Å². The zero-order chi connectivity index (χ0) is 14.5. The molecule has 0 heterocycles. The molecule has 0 bridgehead atoms. The van der Waals surface area contributed by atoms with Gasteiger partial charge in [-0.1, -0.05) is 17.7 Å². The molecule has 0 saturated heterocycles. The van der Waals surface area contributed by atoms with Gasteiger partial charge in [0.1, 0.15) is 5.82 Å². The predicted octanol–water partition coefficient (Wildman–Crippen LogP) is 5.01. The number of thiocarbonyl (C=S) groups is 1. The van der Waals surface area contributed by atoms with Crippen molar-refractivity contribution in [1.82, 2.24) is 0 Å². The molecule has 20 heavy (non-hydrogen) atoms. The Kier molecular flexibility index (Phi) is 5.23. The number of anilines is 2. The van der Waals surface area contributed by atoms with Gasteiger partial charge < -0.3 is 10.6 Å². The molecule has 0 aliphatic heterocycles. The van der Waals surface area contributed by atoms with Crippen molar-refractivity contribution in [3.63, 3.8) is 0 Å². The van der Waals surface area contributed by atoms with Crippen LogP contribution in [0.15, 0.2) is 47.4 Å². The van der Waals surface area contributed by atoms with Crippen LogP contribution in [0.3, 0.4) is 0 Å². The fourth-order valence-electron chi connectivity index (χ4n) is 1.58. The Morgan fingerprint density at radius 1 is 1.20 bits per heavy atom. The molecule has 0 aliphatic carbocycles. The SMILES string of the molecule is CSc1cccc(NC(=S)Nc2cc(Cl)ccc2F)c1. The molecule has 2 rings (SSSR count). The highest BCUT2D eigenvalue weighted by Crippen LogP contribution is 2.21. The van der Waals surface area contributed by atoms with Gasteiger partial charge in [0.2, 0.25) is 0 Å². The molecule has 0 unspecified atom stereocenters. The van der Waals surface area contributed by atoms with Crippen LogP contribution < -0.4 is 10.6 Å². The minimum Gasteiger partial charge on any atom is -0.332 e. The first-order chi connectivity index (χ1) is 9.58. The van der Waals surface area contributed by atoms with Crippen molar-refractivity contribution in [2.24, 2.45) is 0 Å². The molecule has 0 aliphatic rings. The van der Waals surface area contributed by atoms with Gasteiger partial charge >= 0.3 is 0 Å². The normalized spacial score (nSPS) is 10.2. The Morgan fingerprint density at radius 3 is 2.75 bits per heavy atom. The molecule has 2 N–H and O–H groups in total. The van der Waals surface area contributed by atoms with Gasteiger partial charge in [0.25, 0.3) is 0 Å². The predicted molar refractivity (Wildman–Crippen MR) is 89.5 cm³/mol. The lowest BCUT2D eigenvalue weighted by Crippen LogP contribution is -2.19. The summed E-state index contributed by atoms with van der Waals surface area (Å²) in [5, 5.41) is 6.56. The van der Waals surface area contributed by atoms with Crippen LogP contribution >= 0.6 is 35.6 Å². The van der Waals surface area contributed by atoms with Crippen molar-refractivity contribution in [3.05, 3.63) is 53.3 Å². The van der Waals surface area contributed by atoms with Crippen LogP contribution in [0.1, 0.15) is 0 Å². The first-order valence-corrected chi connectivity index (χ1v) is 7.76. The molecule has 0 saturated carbocycles. The maximum absolute atomic E-state index is 13.6. The van der Waals surface area contributed by atoms with E-state index in [9.17, 15) is 4.39 Å². The highest BCUT2D eigenvalue weighted by atomic mass is 35.5. The number of rotatable bonds is 3. The van der Waals surface area contributed by atoms with Crippen LogP contribution in [0, 0.1) is 5.82 Å². The summed E-state index contributed by atoms with van der Waals surface area (Å²) in [7, 11) is 0. The van der Waals surface area contributed by atoms with Gasteiger partial charge in [0, 0.05) is 15.6 Å². The highest BCUT2D eigenvalue weighted by molar-refractivity contribution is 7.98. The summed E-state index contributed by atoms with van der Waals surface area (Å²) in [6, 6.07) is 12.1. The number of hydrogen-bond donors (Lipinski definition) is 2. The fraction of sp³-hybridized carbons (Fsp3) is 0.0714. The van der Waals surface area contributed by atoms with E-state index in [1.165, 1.54) is 18.2 Å². The largest absolute Gasteiger partial charge is 0.332 e. The fourth-order valence-corrected chi connectivity index (χ4v) is 2.44. The number of halogens is 2. The van der Waals surface area contributed by atoms with Crippen molar-refractivity contribution in [3.8, 4) is 0 Å². The van der Waals surface area contributed by atoms with E-state index in [4.69, 9.17) is 23.8 Å². The second kappa shape index (κ2) is 6.92. The Balaban J connectivity index is 2.07. The Morgan fingerprint density at radius 2 is 2.00 bits per heavy atom. The van der Waals surface area contributed by atoms with E-state index in [2.05, 4.69) is 10.6 Å². The molecule has 0 atom stereocenters. The number of nitrogens with one attached hydrogen (secondary N) is 2. The van der Waals surface area contributed by atoms with E-state index in [0.29, 0.717) is 10.1 Å². The van der Waals surface area contributed by atoms with Gasteiger partial charge in [-0.3, -0.25) is 0 Å². The van der Waals surface area contributed by atoms with E-state index in [1.807, 2.05) is 30.5 Å². The summed E-state index contributed by atoms with van der Waals surface area (Å²) in [6.45, 7) is 0. The number of hydrogen-bond acceptors (Lipinski definition) is 2. The minimum atomic E-state index is -0.406.